The molecule has 6 rings (SSSR count). The van der Waals surface area contributed by atoms with Crippen LogP contribution in [0.15, 0.2) is 30.3 Å². The van der Waals surface area contributed by atoms with Crippen LogP contribution in [0.4, 0.5) is 0 Å². The summed E-state index contributed by atoms with van der Waals surface area (Å²) in [4.78, 5) is 13.0. The number of Topliss-reactive ketones (excluding diaryl/α,β-unsaturated/α-hetero) is 1. The molecule has 0 saturated carbocycles. The second-order valence-corrected chi connectivity index (χ2v) is 11.3. The first-order valence-electron chi connectivity index (χ1n) is 13.3. The third-order valence-corrected chi connectivity index (χ3v) is 8.25. The van der Waals surface area contributed by atoms with Crippen LogP contribution in [0.3, 0.4) is 0 Å². The molecule has 4 N–H and O–H groups in total. The number of ketones is 1. The predicted octanol–water partition coefficient (Wildman–Crippen LogP) is 5.70. The minimum absolute atomic E-state index is 0.0440. The molecule has 0 bridgehead atoms. The standard InChI is InChI=1S/C32H32O8/c1-14-8-20-24(15(2)40-14)30(35)28-21(10-18(38-4)11-23(28)39-5)27(20)19-7-6-16-9-17-12-32(3,37)13-22(33)25(17)31(36)26(16)29(19)34/h6-7,9-11,14-15,34-37H,8,12-13H2,1-5H3/t14-,15+,32+/m0/s1. The van der Waals surface area contributed by atoms with E-state index < -0.39 is 11.7 Å². The average molecular weight is 545 g/mol. The lowest BCUT2D eigenvalue weighted by molar-refractivity contribution is -0.00568. The molecule has 3 atom stereocenters. The number of hydrogen-bond donors (Lipinski definition) is 4. The lowest BCUT2D eigenvalue weighted by atomic mass is 9.78. The van der Waals surface area contributed by atoms with E-state index in [0.717, 1.165) is 5.56 Å². The van der Waals surface area contributed by atoms with Gasteiger partial charge in [-0.15, -0.1) is 0 Å². The van der Waals surface area contributed by atoms with Crippen molar-refractivity contribution in [3.8, 4) is 39.9 Å². The fourth-order valence-electron chi connectivity index (χ4n) is 6.67. The van der Waals surface area contributed by atoms with E-state index in [0.29, 0.717) is 56.3 Å². The maximum absolute atomic E-state index is 13.0. The van der Waals surface area contributed by atoms with E-state index in [1.54, 1.807) is 44.4 Å². The SMILES string of the molecule is COc1cc(OC)c2c(O)c3c(c(-c4ccc5cc6c(c(O)c5c4O)C(=O)C[C@](C)(O)C6)c2c1)C[C@H](C)O[C@@H]3C. The zero-order valence-corrected chi connectivity index (χ0v) is 23.1. The summed E-state index contributed by atoms with van der Waals surface area (Å²) in [5.41, 5.74) is 1.97. The van der Waals surface area contributed by atoms with Crippen molar-refractivity contribution in [3.63, 3.8) is 0 Å². The number of hydrogen-bond acceptors (Lipinski definition) is 8. The molecule has 8 heteroatoms. The number of rotatable bonds is 3. The molecule has 0 saturated heterocycles. The van der Waals surface area contributed by atoms with Gasteiger partial charge in [-0.2, -0.15) is 0 Å². The number of aliphatic hydroxyl groups is 1. The Hall–Kier alpha value is -4.01. The van der Waals surface area contributed by atoms with Crippen LogP contribution in [-0.4, -0.2) is 52.1 Å². The van der Waals surface area contributed by atoms with Crippen molar-refractivity contribution in [2.24, 2.45) is 0 Å². The Balaban J connectivity index is 1.74. The van der Waals surface area contributed by atoms with Crippen LogP contribution in [0.25, 0.3) is 32.7 Å². The van der Waals surface area contributed by atoms with Crippen molar-refractivity contribution in [1.82, 2.24) is 0 Å². The first-order valence-corrected chi connectivity index (χ1v) is 13.3. The number of benzene rings is 4. The van der Waals surface area contributed by atoms with Crippen LogP contribution in [0.1, 0.15) is 60.3 Å². The van der Waals surface area contributed by atoms with Gasteiger partial charge < -0.3 is 34.6 Å². The minimum atomic E-state index is -1.20. The molecule has 1 aliphatic carbocycles. The van der Waals surface area contributed by atoms with Crippen molar-refractivity contribution < 1.29 is 39.4 Å². The second-order valence-electron chi connectivity index (χ2n) is 11.3. The molecule has 208 valence electrons. The van der Waals surface area contributed by atoms with Crippen LogP contribution < -0.4 is 9.47 Å². The smallest absolute Gasteiger partial charge is 0.169 e. The highest BCUT2D eigenvalue weighted by molar-refractivity contribution is 6.13. The highest BCUT2D eigenvalue weighted by Gasteiger charge is 2.37. The number of methoxy groups -OCH3 is 2. The van der Waals surface area contributed by atoms with Crippen molar-refractivity contribution in [3.05, 3.63) is 52.6 Å². The summed E-state index contributed by atoms with van der Waals surface area (Å²) in [5, 5.41) is 47.0. The number of phenolic OH excluding ortho intramolecular Hbond substituents is 3. The third-order valence-electron chi connectivity index (χ3n) is 8.25. The van der Waals surface area contributed by atoms with E-state index in [1.165, 1.54) is 7.11 Å². The van der Waals surface area contributed by atoms with Crippen LogP contribution >= 0.6 is 0 Å². The molecular formula is C32H32O8. The Morgan fingerprint density at radius 3 is 2.38 bits per heavy atom. The van der Waals surface area contributed by atoms with Gasteiger partial charge in [-0.25, -0.2) is 0 Å². The Morgan fingerprint density at radius 2 is 1.68 bits per heavy atom. The van der Waals surface area contributed by atoms with Crippen molar-refractivity contribution in [2.75, 3.05) is 14.2 Å². The van der Waals surface area contributed by atoms with Crippen LogP contribution in [0, 0.1) is 0 Å². The van der Waals surface area contributed by atoms with E-state index in [4.69, 9.17) is 14.2 Å². The highest BCUT2D eigenvalue weighted by Crippen LogP contribution is 2.54. The second kappa shape index (κ2) is 9.01. The summed E-state index contributed by atoms with van der Waals surface area (Å²) in [5.74, 6) is 0.0828. The van der Waals surface area contributed by atoms with E-state index in [-0.39, 0.29) is 52.9 Å². The lowest BCUT2D eigenvalue weighted by Crippen LogP contribution is -2.35. The average Bonchev–Trinajstić information content (AvgIpc) is 2.87. The van der Waals surface area contributed by atoms with Gasteiger partial charge in [-0.05, 0) is 67.5 Å². The topological polar surface area (TPSA) is 126 Å². The van der Waals surface area contributed by atoms with Gasteiger partial charge in [0, 0.05) is 35.4 Å². The van der Waals surface area contributed by atoms with Crippen LogP contribution in [-0.2, 0) is 17.6 Å². The molecule has 40 heavy (non-hydrogen) atoms. The molecule has 0 aromatic heterocycles. The van der Waals surface area contributed by atoms with E-state index in [2.05, 4.69) is 0 Å². The summed E-state index contributed by atoms with van der Waals surface area (Å²) in [7, 11) is 3.05. The Morgan fingerprint density at radius 1 is 0.925 bits per heavy atom. The summed E-state index contributed by atoms with van der Waals surface area (Å²) in [6, 6.07) is 8.78. The van der Waals surface area contributed by atoms with Gasteiger partial charge in [0.25, 0.3) is 0 Å². The van der Waals surface area contributed by atoms with Crippen molar-refractivity contribution >= 4 is 27.3 Å². The normalized spacial score (nSPS) is 22.3. The zero-order chi connectivity index (χ0) is 28.7. The third kappa shape index (κ3) is 3.78. The Kier molecular flexibility index (Phi) is 5.91. The van der Waals surface area contributed by atoms with Crippen LogP contribution in [0.5, 0.6) is 28.7 Å². The summed E-state index contributed by atoms with van der Waals surface area (Å²) >= 11 is 0. The van der Waals surface area contributed by atoms with Gasteiger partial charge >= 0.3 is 0 Å². The quantitative estimate of drug-likeness (QED) is 0.259. The fraction of sp³-hybridized carbons (Fsp3) is 0.344. The number of phenols is 3. The zero-order valence-electron chi connectivity index (χ0n) is 23.1. The predicted molar refractivity (Wildman–Crippen MR) is 151 cm³/mol. The molecule has 0 fully saturated rings. The molecule has 1 aliphatic heterocycles. The van der Waals surface area contributed by atoms with Crippen molar-refractivity contribution in [1.29, 1.82) is 0 Å². The Labute approximate surface area is 231 Å². The van der Waals surface area contributed by atoms with Gasteiger partial charge in [-0.3, -0.25) is 4.79 Å². The molecule has 0 radical (unpaired) electrons. The van der Waals surface area contributed by atoms with Crippen molar-refractivity contribution in [2.45, 2.75) is 57.8 Å². The van der Waals surface area contributed by atoms with E-state index in [1.807, 2.05) is 13.8 Å². The molecule has 4 aromatic carbocycles. The lowest BCUT2D eigenvalue weighted by Gasteiger charge is -2.32. The summed E-state index contributed by atoms with van der Waals surface area (Å²) in [6.07, 6.45) is -0.0170. The molecule has 1 heterocycles. The fourth-order valence-corrected chi connectivity index (χ4v) is 6.67. The summed E-state index contributed by atoms with van der Waals surface area (Å²) in [6.45, 7) is 5.43. The number of ether oxygens (including phenoxy) is 3. The van der Waals surface area contributed by atoms with Gasteiger partial charge in [0.2, 0.25) is 0 Å². The van der Waals surface area contributed by atoms with E-state index in [9.17, 15) is 25.2 Å². The maximum Gasteiger partial charge on any atom is 0.169 e. The van der Waals surface area contributed by atoms with Crippen LogP contribution in [0.2, 0.25) is 0 Å². The monoisotopic (exact) mass is 544 g/mol. The molecule has 0 unspecified atom stereocenters. The van der Waals surface area contributed by atoms with Gasteiger partial charge in [0.15, 0.2) is 5.78 Å². The first-order chi connectivity index (χ1) is 19.0. The molecular weight excluding hydrogens is 512 g/mol. The number of carbonyl (C=O) groups is 1. The number of carbonyl (C=O) groups excluding carboxylic acids is 1. The molecule has 8 nitrogen and oxygen atoms in total. The minimum Gasteiger partial charge on any atom is -0.507 e. The summed E-state index contributed by atoms with van der Waals surface area (Å²) < 4.78 is 17.3. The number of fused-ring (bicyclic) bond motifs is 4. The number of aromatic hydroxyl groups is 3. The first kappa shape index (κ1) is 26.2. The Bertz CT molecular complexity index is 1740. The molecule has 0 amide bonds. The van der Waals surface area contributed by atoms with Gasteiger partial charge in [0.1, 0.15) is 28.7 Å². The molecule has 4 aromatic rings. The largest absolute Gasteiger partial charge is 0.507 e. The maximum atomic E-state index is 13.0. The molecule has 2 aliphatic rings. The van der Waals surface area contributed by atoms with Gasteiger partial charge in [-0.1, -0.05) is 6.07 Å². The molecule has 0 spiro atoms. The van der Waals surface area contributed by atoms with E-state index >= 15 is 0 Å². The van der Waals surface area contributed by atoms with Gasteiger partial charge in [0.05, 0.1) is 48.4 Å². The highest BCUT2D eigenvalue weighted by atomic mass is 16.5.